The molecule has 5 nitrogen and oxygen atoms in total. The van der Waals surface area contributed by atoms with Gasteiger partial charge in [0.25, 0.3) is 0 Å². The maximum absolute atomic E-state index is 13.2. The molecule has 0 unspecified atom stereocenters. The molecular formula is C14H16FN3O2. The molecule has 2 aromatic rings. The van der Waals surface area contributed by atoms with E-state index < -0.39 is 11.8 Å². The molecule has 1 aromatic heterocycles. The molecule has 0 saturated carbocycles. The van der Waals surface area contributed by atoms with Crippen LogP contribution in [0.3, 0.4) is 0 Å². The number of benzene rings is 1. The van der Waals surface area contributed by atoms with Crippen molar-refractivity contribution in [2.24, 2.45) is 0 Å². The molecule has 0 spiro atoms. The minimum Gasteiger partial charge on any atom is -0.465 e. The van der Waals surface area contributed by atoms with Crippen LogP contribution in [-0.4, -0.2) is 29.2 Å². The molecule has 6 heteroatoms. The summed E-state index contributed by atoms with van der Waals surface area (Å²) in [5.41, 5.74) is 0.777. The molecule has 0 amide bonds. The summed E-state index contributed by atoms with van der Waals surface area (Å²) < 4.78 is 19.8. The molecule has 1 N–H and O–H groups in total. The number of aryl methyl sites for hydroxylation is 1. The molecule has 0 aliphatic carbocycles. The van der Waals surface area contributed by atoms with E-state index in [1.165, 1.54) is 19.2 Å². The predicted molar refractivity (Wildman–Crippen MR) is 73.1 cm³/mol. The largest absolute Gasteiger partial charge is 0.465 e. The Labute approximate surface area is 116 Å². The normalized spacial score (nSPS) is 10.3. The Kier molecular flexibility index (Phi) is 4.70. The lowest BCUT2D eigenvalue weighted by atomic mass is 10.1. The highest BCUT2D eigenvalue weighted by Crippen LogP contribution is 2.18. The number of methoxy groups -OCH3 is 1. The zero-order chi connectivity index (χ0) is 14.4. The fourth-order valence-corrected chi connectivity index (χ4v) is 1.85. The van der Waals surface area contributed by atoms with E-state index in [-0.39, 0.29) is 5.56 Å². The van der Waals surface area contributed by atoms with Gasteiger partial charge < -0.3 is 14.6 Å². The lowest BCUT2D eigenvalue weighted by molar-refractivity contribution is 0.0601. The molecule has 106 valence electrons. The number of nitrogens with one attached hydrogen (secondary N) is 1. The second kappa shape index (κ2) is 6.70. The number of nitrogens with zero attached hydrogens (tertiary/aromatic N) is 2. The van der Waals surface area contributed by atoms with Gasteiger partial charge in [-0.3, -0.25) is 0 Å². The van der Waals surface area contributed by atoms with Crippen LogP contribution < -0.4 is 5.32 Å². The highest BCUT2D eigenvalue weighted by atomic mass is 19.1. The number of carbonyl (C=O) groups excluding carboxylic acids is 1. The van der Waals surface area contributed by atoms with Gasteiger partial charge in [0.05, 0.1) is 19.0 Å². The molecule has 1 aromatic carbocycles. The van der Waals surface area contributed by atoms with Gasteiger partial charge in [0.2, 0.25) is 0 Å². The summed E-state index contributed by atoms with van der Waals surface area (Å²) in [6.45, 7) is 1.48. The van der Waals surface area contributed by atoms with E-state index in [0.29, 0.717) is 12.2 Å². The van der Waals surface area contributed by atoms with E-state index in [4.69, 9.17) is 0 Å². The number of aromatic nitrogens is 2. The molecule has 0 radical (unpaired) electrons. The average Bonchev–Trinajstić information content (AvgIpc) is 2.97. The summed E-state index contributed by atoms with van der Waals surface area (Å²) in [6.07, 6.45) is 6.21. The lowest BCUT2D eigenvalue weighted by Gasteiger charge is -2.11. The Bertz CT molecular complexity index is 570. The standard InChI is InChI=1S/C14H16FN3O2/c1-20-14(19)12-9-11(15)3-4-13(12)17-5-2-7-18-8-6-16-10-18/h3-4,6,8-10,17H,2,5,7H2,1H3. The van der Waals surface area contributed by atoms with Crippen molar-refractivity contribution >= 4 is 11.7 Å². The van der Waals surface area contributed by atoms with Crippen LogP contribution in [0.1, 0.15) is 16.8 Å². The van der Waals surface area contributed by atoms with Crippen LogP contribution in [0.2, 0.25) is 0 Å². The maximum atomic E-state index is 13.2. The van der Waals surface area contributed by atoms with Crippen molar-refractivity contribution in [3.8, 4) is 0 Å². The van der Waals surface area contributed by atoms with Gasteiger partial charge in [-0.15, -0.1) is 0 Å². The Balaban J connectivity index is 1.93. The molecule has 20 heavy (non-hydrogen) atoms. The van der Waals surface area contributed by atoms with Crippen LogP contribution in [0, 0.1) is 5.82 Å². The van der Waals surface area contributed by atoms with Crippen molar-refractivity contribution in [1.29, 1.82) is 0 Å². The number of carbonyl (C=O) groups is 1. The van der Waals surface area contributed by atoms with Gasteiger partial charge in [-0.05, 0) is 24.6 Å². The summed E-state index contributed by atoms with van der Waals surface area (Å²) in [5.74, 6) is -1.02. The molecule has 0 bridgehead atoms. The van der Waals surface area contributed by atoms with Crippen molar-refractivity contribution in [2.45, 2.75) is 13.0 Å². The average molecular weight is 277 g/mol. The molecule has 0 fully saturated rings. The number of rotatable bonds is 6. The smallest absolute Gasteiger partial charge is 0.340 e. The van der Waals surface area contributed by atoms with Crippen LogP contribution >= 0.6 is 0 Å². The minimum absolute atomic E-state index is 0.204. The zero-order valence-corrected chi connectivity index (χ0v) is 11.2. The molecule has 1 heterocycles. The fourth-order valence-electron chi connectivity index (χ4n) is 1.85. The second-order valence-corrected chi connectivity index (χ2v) is 4.26. The Morgan fingerprint density at radius 2 is 2.35 bits per heavy atom. The molecule has 2 rings (SSSR count). The van der Waals surface area contributed by atoms with Gasteiger partial charge in [0.1, 0.15) is 5.82 Å². The van der Waals surface area contributed by atoms with Crippen LogP contribution in [-0.2, 0) is 11.3 Å². The first-order valence-electron chi connectivity index (χ1n) is 6.28. The first kappa shape index (κ1) is 14.0. The van der Waals surface area contributed by atoms with Crippen LogP contribution in [0.4, 0.5) is 10.1 Å². The summed E-state index contributed by atoms with van der Waals surface area (Å²) in [7, 11) is 1.27. The summed E-state index contributed by atoms with van der Waals surface area (Å²) in [5, 5.41) is 3.12. The van der Waals surface area contributed by atoms with Crippen molar-refractivity contribution in [3.63, 3.8) is 0 Å². The SMILES string of the molecule is COC(=O)c1cc(F)ccc1NCCCn1ccnc1. The number of imidazole rings is 1. The van der Waals surface area contributed by atoms with Crippen molar-refractivity contribution in [3.05, 3.63) is 48.3 Å². The van der Waals surface area contributed by atoms with Crippen molar-refractivity contribution in [1.82, 2.24) is 9.55 Å². The number of hydrogen-bond donors (Lipinski definition) is 1. The number of halogens is 1. The third-order valence-corrected chi connectivity index (χ3v) is 2.85. The van der Waals surface area contributed by atoms with Crippen LogP contribution in [0.15, 0.2) is 36.9 Å². The second-order valence-electron chi connectivity index (χ2n) is 4.26. The first-order chi connectivity index (χ1) is 9.70. The zero-order valence-electron chi connectivity index (χ0n) is 11.2. The van der Waals surface area contributed by atoms with Gasteiger partial charge in [-0.25, -0.2) is 14.2 Å². The van der Waals surface area contributed by atoms with Crippen LogP contribution in [0.25, 0.3) is 0 Å². The van der Waals surface area contributed by atoms with Gasteiger partial charge in [-0.1, -0.05) is 0 Å². The highest BCUT2D eigenvalue weighted by Gasteiger charge is 2.12. The number of hydrogen-bond acceptors (Lipinski definition) is 4. The maximum Gasteiger partial charge on any atom is 0.340 e. The Morgan fingerprint density at radius 1 is 1.50 bits per heavy atom. The van der Waals surface area contributed by atoms with Crippen molar-refractivity contribution in [2.75, 3.05) is 19.0 Å². The molecule has 0 saturated heterocycles. The monoisotopic (exact) mass is 277 g/mol. The van der Waals surface area contributed by atoms with Gasteiger partial charge in [-0.2, -0.15) is 0 Å². The van der Waals surface area contributed by atoms with E-state index in [1.54, 1.807) is 18.6 Å². The molecule has 0 aliphatic rings. The topological polar surface area (TPSA) is 56.1 Å². The van der Waals surface area contributed by atoms with Gasteiger partial charge in [0.15, 0.2) is 0 Å². The van der Waals surface area contributed by atoms with E-state index in [9.17, 15) is 9.18 Å². The summed E-state index contributed by atoms with van der Waals surface area (Å²) in [4.78, 5) is 15.5. The van der Waals surface area contributed by atoms with Gasteiger partial charge in [0, 0.05) is 31.2 Å². The van der Waals surface area contributed by atoms with E-state index in [0.717, 1.165) is 13.0 Å². The predicted octanol–water partition coefficient (Wildman–Crippen LogP) is 2.31. The third-order valence-electron chi connectivity index (χ3n) is 2.85. The molecule has 0 atom stereocenters. The third kappa shape index (κ3) is 3.57. The quantitative estimate of drug-likeness (QED) is 0.650. The van der Waals surface area contributed by atoms with E-state index in [2.05, 4.69) is 15.0 Å². The van der Waals surface area contributed by atoms with E-state index >= 15 is 0 Å². The minimum atomic E-state index is -0.554. The van der Waals surface area contributed by atoms with Gasteiger partial charge >= 0.3 is 5.97 Å². The molecular weight excluding hydrogens is 261 g/mol. The summed E-state index contributed by atoms with van der Waals surface area (Å²) >= 11 is 0. The Hall–Kier alpha value is -2.37. The summed E-state index contributed by atoms with van der Waals surface area (Å²) in [6, 6.07) is 4.02. The highest BCUT2D eigenvalue weighted by molar-refractivity contribution is 5.95. The fraction of sp³-hybridized carbons (Fsp3) is 0.286. The number of ether oxygens (including phenoxy) is 1. The van der Waals surface area contributed by atoms with Crippen LogP contribution in [0.5, 0.6) is 0 Å². The lowest BCUT2D eigenvalue weighted by Crippen LogP contribution is -2.11. The van der Waals surface area contributed by atoms with Crippen molar-refractivity contribution < 1.29 is 13.9 Å². The first-order valence-corrected chi connectivity index (χ1v) is 6.28. The Morgan fingerprint density at radius 3 is 3.05 bits per heavy atom. The van der Waals surface area contributed by atoms with E-state index in [1.807, 2.05) is 10.8 Å². The number of esters is 1. The number of anilines is 1. The molecule has 0 aliphatic heterocycles.